The Hall–Kier alpha value is 2.10. The Morgan fingerprint density at radius 1 is 0.778 bits per heavy atom. The molecule has 1 rings (SSSR count). The van der Waals surface area contributed by atoms with Crippen LogP contribution in [0, 0.1) is 0 Å². The minimum absolute atomic E-state index is 0.896. The quantitative estimate of drug-likeness (QED) is 0.440. The summed E-state index contributed by atoms with van der Waals surface area (Å²) in [5, 5.41) is 1.79. The van der Waals surface area contributed by atoms with Gasteiger partial charge in [-0.05, 0) is 35.9 Å². The summed E-state index contributed by atoms with van der Waals surface area (Å²) in [5.41, 5.74) is 0. The van der Waals surface area contributed by atoms with Crippen LogP contribution in [0.4, 0.5) is 0 Å². The van der Waals surface area contributed by atoms with E-state index in [2.05, 4.69) is 72.3 Å². The van der Waals surface area contributed by atoms with E-state index in [9.17, 15) is 0 Å². The second-order valence-electron chi connectivity index (χ2n) is 4.07. The van der Waals surface area contributed by atoms with E-state index in [1.807, 2.05) is 0 Å². The fourth-order valence-corrected chi connectivity index (χ4v) is 7.58. The van der Waals surface area contributed by atoms with Gasteiger partial charge < -0.3 is 0 Å². The lowest BCUT2D eigenvalue weighted by Gasteiger charge is -2.30. The molecule has 0 aliphatic carbocycles. The predicted octanol–water partition coefficient (Wildman–Crippen LogP) is 4.31. The topological polar surface area (TPSA) is 0 Å². The SMILES string of the molecule is SCCSCCC1SCCSC1CCSCCS. The Labute approximate surface area is 141 Å². The third kappa shape index (κ3) is 8.40. The van der Waals surface area contributed by atoms with Gasteiger partial charge in [0.05, 0.1) is 0 Å². The summed E-state index contributed by atoms with van der Waals surface area (Å²) in [6.45, 7) is 0. The molecule has 0 N–H and O–H groups in total. The van der Waals surface area contributed by atoms with Crippen molar-refractivity contribution in [2.45, 2.75) is 23.3 Å². The molecule has 6 heteroatoms. The van der Waals surface area contributed by atoms with Gasteiger partial charge in [0, 0.05) is 33.5 Å². The van der Waals surface area contributed by atoms with E-state index in [4.69, 9.17) is 0 Å². The fourth-order valence-electron chi connectivity index (χ4n) is 1.88. The molecule has 1 aliphatic heterocycles. The third-order valence-corrected chi connectivity index (χ3v) is 9.11. The van der Waals surface area contributed by atoms with Gasteiger partial charge >= 0.3 is 0 Å². The van der Waals surface area contributed by atoms with E-state index in [1.54, 1.807) is 0 Å². The van der Waals surface area contributed by atoms with Crippen LogP contribution in [-0.4, -0.2) is 56.5 Å². The Kier molecular flexibility index (Phi) is 12.9. The van der Waals surface area contributed by atoms with Crippen molar-refractivity contribution in [3.63, 3.8) is 0 Å². The van der Waals surface area contributed by atoms with Crippen LogP contribution in [0.25, 0.3) is 0 Å². The van der Waals surface area contributed by atoms with Gasteiger partial charge in [-0.25, -0.2) is 0 Å². The molecule has 108 valence electrons. The molecule has 0 aromatic rings. The highest BCUT2D eigenvalue weighted by Crippen LogP contribution is 2.36. The van der Waals surface area contributed by atoms with Crippen LogP contribution >= 0.6 is 72.3 Å². The summed E-state index contributed by atoms with van der Waals surface area (Å²) in [7, 11) is 0. The zero-order valence-electron chi connectivity index (χ0n) is 10.8. The third-order valence-electron chi connectivity index (χ3n) is 2.73. The van der Waals surface area contributed by atoms with Crippen molar-refractivity contribution in [2.24, 2.45) is 0 Å². The summed E-state index contributed by atoms with van der Waals surface area (Å²) in [6, 6.07) is 0. The molecule has 0 amide bonds. The zero-order valence-corrected chi connectivity index (χ0v) is 15.8. The van der Waals surface area contributed by atoms with Crippen molar-refractivity contribution >= 4 is 72.3 Å². The summed E-state index contributed by atoms with van der Waals surface area (Å²) in [6.07, 6.45) is 2.77. The van der Waals surface area contributed by atoms with Crippen molar-refractivity contribution in [3.05, 3.63) is 0 Å². The molecule has 0 nitrogen and oxygen atoms in total. The van der Waals surface area contributed by atoms with E-state index in [0.29, 0.717) is 0 Å². The largest absolute Gasteiger partial charge is 0.179 e. The zero-order chi connectivity index (χ0) is 13.1. The van der Waals surface area contributed by atoms with Gasteiger partial charge in [0.25, 0.3) is 0 Å². The molecule has 0 aromatic carbocycles. The van der Waals surface area contributed by atoms with Crippen LogP contribution in [0.3, 0.4) is 0 Å². The molecular weight excluding hydrogens is 337 g/mol. The molecular formula is C12H24S6. The molecule has 1 saturated heterocycles. The molecule has 0 aromatic heterocycles. The van der Waals surface area contributed by atoms with Gasteiger partial charge in [0.15, 0.2) is 0 Å². The highest BCUT2D eigenvalue weighted by Gasteiger charge is 2.25. The molecule has 2 unspecified atom stereocenters. The molecule has 0 spiro atoms. The van der Waals surface area contributed by atoms with Crippen LogP contribution in [-0.2, 0) is 0 Å². The minimum Gasteiger partial charge on any atom is -0.179 e. The highest BCUT2D eigenvalue weighted by molar-refractivity contribution is 8.07. The van der Waals surface area contributed by atoms with Crippen molar-refractivity contribution in [3.8, 4) is 0 Å². The van der Waals surface area contributed by atoms with E-state index in [0.717, 1.165) is 22.0 Å². The van der Waals surface area contributed by atoms with Crippen LogP contribution in [0.15, 0.2) is 0 Å². The standard InChI is InChI=1S/C12H24S6/c13-3-7-15-5-1-11-12(18-10-9-17-11)2-6-16-8-4-14/h11-14H,1-10H2. The molecule has 1 aliphatic rings. The van der Waals surface area contributed by atoms with Gasteiger partial charge in [-0.1, -0.05) is 0 Å². The second kappa shape index (κ2) is 12.8. The first-order valence-electron chi connectivity index (χ1n) is 6.49. The number of thiol groups is 2. The lowest BCUT2D eigenvalue weighted by molar-refractivity contribution is 0.742. The van der Waals surface area contributed by atoms with Crippen LogP contribution in [0.2, 0.25) is 0 Å². The van der Waals surface area contributed by atoms with Crippen molar-refractivity contribution in [2.75, 3.05) is 46.0 Å². The molecule has 0 bridgehead atoms. The molecule has 0 saturated carbocycles. The maximum Gasteiger partial charge on any atom is 0.0174 e. The average molecular weight is 361 g/mol. The lowest BCUT2D eigenvalue weighted by atomic mass is 10.2. The van der Waals surface area contributed by atoms with Gasteiger partial charge in [0.1, 0.15) is 0 Å². The van der Waals surface area contributed by atoms with Crippen molar-refractivity contribution < 1.29 is 0 Å². The van der Waals surface area contributed by atoms with E-state index in [1.165, 1.54) is 47.4 Å². The maximum atomic E-state index is 4.27. The van der Waals surface area contributed by atoms with E-state index in [-0.39, 0.29) is 0 Å². The average Bonchev–Trinajstić information content (AvgIpc) is 2.41. The summed E-state index contributed by atoms with van der Waals surface area (Å²) in [4.78, 5) is 0. The van der Waals surface area contributed by atoms with Crippen LogP contribution in [0.1, 0.15) is 12.8 Å². The molecule has 1 heterocycles. The summed E-state index contributed by atoms with van der Waals surface area (Å²) >= 11 is 17.1. The van der Waals surface area contributed by atoms with Gasteiger partial charge in [-0.15, -0.1) is 0 Å². The molecule has 0 radical (unpaired) electrons. The number of thioether (sulfide) groups is 4. The van der Waals surface area contributed by atoms with E-state index >= 15 is 0 Å². The van der Waals surface area contributed by atoms with Crippen molar-refractivity contribution in [1.82, 2.24) is 0 Å². The first-order chi connectivity index (χ1) is 8.88. The Morgan fingerprint density at radius 2 is 1.22 bits per heavy atom. The predicted molar refractivity (Wildman–Crippen MR) is 104 cm³/mol. The maximum absolute atomic E-state index is 4.27. The highest BCUT2D eigenvalue weighted by atomic mass is 32.2. The number of hydrogen-bond donors (Lipinski definition) is 2. The first-order valence-corrected chi connectivity index (χ1v) is 12.2. The molecule has 18 heavy (non-hydrogen) atoms. The minimum atomic E-state index is 0.896. The summed E-state index contributed by atoms with van der Waals surface area (Å²) in [5.74, 6) is 9.78. The molecule has 1 fully saturated rings. The van der Waals surface area contributed by atoms with Crippen LogP contribution < -0.4 is 0 Å². The van der Waals surface area contributed by atoms with Gasteiger partial charge in [-0.3, -0.25) is 0 Å². The lowest BCUT2D eigenvalue weighted by Crippen LogP contribution is -2.27. The van der Waals surface area contributed by atoms with Gasteiger partial charge in [-0.2, -0.15) is 72.3 Å². The Morgan fingerprint density at radius 3 is 1.61 bits per heavy atom. The fraction of sp³-hybridized carbons (Fsp3) is 1.00. The monoisotopic (exact) mass is 360 g/mol. The van der Waals surface area contributed by atoms with Crippen molar-refractivity contribution in [1.29, 1.82) is 0 Å². The number of rotatable bonds is 10. The number of hydrogen-bond acceptors (Lipinski definition) is 6. The normalized spacial score (nSPS) is 24.3. The smallest absolute Gasteiger partial charge is 0.0174 e. The van der Waals surface area contributed by atoms with Crippen LogP contribution in [0.5, 0.6) is 0 Å². The molecule has 2 atom stereocenters. The van der Waals surface area contributed by atoms with Gasteiger partial charge in [0.2, 0.25) is 0 Å². The Bertz CT molecular complexity index is 169. The van der Waals surface area contributed by atoms with E-state index < -0.39 is 0 Å². The second-order valence-corrected chi connectivity index (χ2v) is 10.1. The summed E-state index contributed by atoms with van der Waals surface area (Å²) < 4.78 is 0. The first kappa shape index (κ1) is 18.1. The Balaban J connectivity index is 2.15.